The minimum absolute atomic E-state index is 0.0191. The third-order valence-corrected chi connectivity index (χ3v) is 5.94. The van der Waals surface area contributed by atoms with Gasteiger partial charge in [0.1, 0.15) is 0 Å². The lowest BCUT2D eigenvalue weighted by atomic mass is 9.84. The number of hydrogen-bond donors (Lipinski definition) is 2. The summed E-state index contributed by atoms with van der Waals surface area (Å²) in [5, 5.41) is 3.99. The summed E-state index contributed by atoms with van der Waals surface area (Å²) in [6.45, 7) is 0. The summed E-state index contributed by atoms with van der Waals surface area (Å²) in [6.07, 6.45) is 4.81. The van der Waals surface area contributed by atoms with Gasteiger partial charge in [0.05, 0.1) is 17.7 Å². The highest BCUT2D eigenvalue weighted by Gasteiger charge is 2.49. The van der Waals surface area contributed by atoms with Crippen molar-refractivity contribution in [3.8, 4) is 0 Å². The molecule has 0 spiro atoms. The molecule has 0 aromatic carbocycles. The molecule has 2 fully saturated rings. The first-order valence-electron chi connectivity index (χ1n) is 6.43. The van der Waals surface area contributed by atoms with Crippen molar-refractivity contribution in [2.24, 2.45) is 23.5 Å². The first kappa shape index (κ1) is 12.2. The molecule has 3 N–H and O–H groups in total. The van der Waals surface area contributed by atoms with Gasteiger partial charge in [-0.1, -0.05) is 0 Å². The normalized spacial score (nSPS) is 44.4. The number of hydrogen-bond acceptors (Lipinski definition) is 4. The summed E-state index contributed by atoms with van der Waals surface area (Å²) < 4.78 is 22.5. The standard InChI is InChI=1S/C12H18N2O3S/c13-11-8-2-1-7(5-8)10(11)12(15)14-9-3-4-18(16,17)6-9/h3-4,7-11H,1-2,5-6,13H2,(H,14,15). The van der Waals surface area contributed by atoms with Crippen molar-refractivity contribution in [3.63, 3.8) is 0 Å². The van der Waals surface area contributed by atoms with Crippen molar-refractivity contribution < 1.29 is 13.2 Å². The Bertz CT molecular complexity index is 497. The Hall–Kier alpha value is -0.880. The number of nitrogens with one attached hydrogen (secondary N) is 1. The lowest BCUT2D eigenvalue weighted by Gasteiger charge is -2.27. The lowest BCUT2D eigenvalue weighted by molar-refractivity contribution is -0.127. The van der Waals surface area contributed by atoms with E-state index < -0.39 is 9.84 Å². The number of carbonyl (C=O) groups excluding carboxylic acids is 1. The van der Waals surface area contributed by atoms with E-state index in [4.69, 9.17) is 5.73 Å². The number of nitrogens with two attached hydrogens (primary N) is 1. The van der Waals surface area contributed by atoms with Crippen LogP contribution in [0.15, 0.2) is 11.5 Å². The first-order chi connectivity index (χ1) is 8.46. The third kappa shape index (κ3) is 1.97. The monoisotopic (exact) mass is 270 g/mol. The molecule has 5 unspecified atom stereocenters. The molecule has 5 nitrogen and oxygen atoms in total. The second-order valence-corrected chi connectivity index (χ2v) is 7.64. The fourth-order valence-electron chi connectivity index (χ4n) is 3.67. The van der Waals surface area contributed by atoms with Crippen LogP contribution in [0, 0.1) is 17.8 Å². The van der Waals surface area contributed by atoms with Crippen molar-refractivity contribution in [1.29, 1.82) is 0 Å². The maximum atomic E-state index is 12.2. The molecule has 2 aliphatic carbocycles. The second-order valence-electron chi connectivity index (χ2n) is 5.71. The smallest absolute Gasteiger partial charge is 0.225 e. The Morgan fingerprint density at radius 1 is 1.28 bits per heavy atom. The average molecular weight is 270 g/mol. The van der Waals surface area contributed by atoms with Crippen LogP contribution in [0.2, 0.25) is 0 Å². The molecule has 100 valence electrons. The summed E-state index contributed by atoms with van der Waals surface area (Å²) in [6, 6.07) is -0.431. The Balaban J connectivity index is 1.65. The zero-order valence-electron chi connectivity index (χ0n) is 10.1. The van der Waals surface area contributed by atoms with Gasteiger partial charge in [0.25, 0.3) is 0 Å². The van der Waals surface area contributed by atoms with Gasteiger partial charge in [0.15, 0.2) is 9.84 Å². The lowest BCUT2D eigenvalue weighted by Crippen LogP contribution is -2.48. The molecule has 1 heterocycles. The number of rotatable bonds is 2. The van der Waals surface area contributed by atoms with Gasteiger partial charge in [-0.3, -0.25) is 4.79 Å². The summed E-state index contributed by atoms with van der Waals surface area (Å²) in [7, 11) is -3.11. The van der Waals surface area contributed by atoms with Gasteiger partial charge in [0, 0.05) is 11.4 Å². The number of carbonyl (C=O) groups is 1. The van der Waals surface area contributed by atoms with E-state index in [9.17, 15) is 13.2 Å². The molecule has 2 bridgehead atoms. The van der Waals surface area contributed by atoms with Crippen LogP contribution >= 0.6 is 0 Å². The summed E-state index contributed by atoms with van der Waals surface area (Å²) in [5.74, 6) is 0.664. The zero-order valence-corrected chi connectivity index (χ0v) is 10.9. The molecule has 1 amide bonds. The Morgan fingerprint density at radius 2 is 2.00 bits per heavy atom. The van der Waals surface area contributed by atoms with E-state index in [0.717, 1.165) is 19.3 Å². The van der Waals surface area contributed by atoms with E-state index in [1.54, 1.807) is 6.08 Å². The highest BCUT2D eigenvalue weighted by atomic mass is 32.2. The number of amides is 1. The molecule has 5 atom stereocenters. The molecule has 2 saturated carbocycles. The predicted octanol–water partition coefficient (Wildman–Crippen LogP) is -0.213. The minimum atomic E-state index is -3.11. The van der Waals surface area contributed by atoms with Crippen LogP contribution in [-0.2, 0) is 14.6 Å². The molecule has 18 heavy (non-hydrogen) atoms. The van der Waals surface area contributed by atoms with Crippen LogP contribution in [0.25, 0.3) is 0 Å². The quantitative estimate of drug-likeness (QED) is 0.726. The number of sulfone groups is 1. The predicted molar refractivity (Wildman–Crippen MR) is 67.2 cm³/mol. The molecule has 0 saturated heterocycles. The van der Waals surface area contributed by atoms with Gasteiger partial charge < -0.3 is 11.1 Å². The molecule has 0 radical (unpaired) electrons. The summed E-state index contributed by atoms with van der Waals surface area (Å²) in [5.41, 5.74) is 6.10. The molecule has 0 aromatic rings. The zero-order chi connectivity index (χ0) is 12.9. The van der Waals surface area contributed by atoms with E-state index in [1.165, 1.54) is 5.41 Å². The van der Waals surface area contributed by atoms with Gasteiger partial charge in [-0.2, -0.15) is 0 Å². The largest absolute Gasteiger partial charge is 0.349 e. The fourth-order valence-corrected chi connectivity index (χ4v) is 4.90. The highest BCUT2D eigenvalue weighted by Crippen LogP contribution is 2.47. The van der Waals surface area contributed by atoms with Crippen LogP contribution in [-0.4, -0.2) is 32.2 Å². The molecule has 3 rings (SSSR count). The van der Waals surface area contributed by atoms with Crippen molar-refractivity contribution in [3.05, 3.63) is 11.5 Å². The molecule has 3 aliphatic rings. The first-order valence-corrected chi connectivity index (χ1v) is 8.15. The highest BCUT2D eigenvalue weighted by molar-refractivity contribution is 7.94. The van der Waals surface area contributed by atoms with E-state index in [2.05, 4.69) is 5.32 Å². The Kier molecular flexibility index (Phi) is 2.75. The molecular weight excluding hydrogens is 252 g/mol. The van der Waals surface area contributed by atoms with Crippen LogP contribution in [0.3, 0.4) is 0 Å². The SMILES string of the molecule is NC1C2CCC(C2)C1C(=O)NC1C=CS(=O)(=O)C1. The van der Waals surface area contributed by atoms with E-state index in [0.29, 0.717) is 11.8 Å². The van der Waals surface area contributed by atoms with E-state index in [-0.39, 0.29) is 29.7 Å². The summed E-state index contributed by atoms with van der Waals surface area (Å²) >= 11 is 0. The minimum Gasteiger partial charge on any atom is -0.349 e. The van der Waals surface area contributed by atoms with Gasteiger partial charge in [-0.25, -0.2) is 8.42 Å². The van der Waals surface area contributed by atoms with E-state index in [1.807, 2.05) is 0 Å². The van der Waals surface area contributed by atoms with Gasteiger partial charge in [-0.05, 0) is 37.2 Å². The Morgan fingerprint density at radius 3 is 2.56 bits per heavy atom. The van der Waals surface area contributed by atoms with Crippen LogP contribution in [0.1, 0.15) is 19.3 Å². The summed E-state index contributed by atoms with van der Waals surface area (Å²) in [4.78, 5) is 12.2. The van der Waals surface area contributed by atoms with E-state index >= 15 is 0 Å². The molecule has 1 aliphatic heterocycles. The fraction of sp³-hybridized carbons (Fsp3) is 0.750. The molecule has 6 heteroatoms. The van der Waals surface area contributed by atoms with Crippen molar-refractivity contribution in [2.75, 3.05) is 5.75 Å². The molecule has 0 aromatic heterocycles. The van der Waals surface area contributed by atoms with Gasteiger partial charge >= 0.3 is 0 Å². The molecular formula is C12H18N2O3S. The third-order valence-electron chi connectivity index (χ3n) is 4.54. The van der Waals surface area contributed by atoms with Crippen LogP contribution in [0.4, 0.5) is 0 Å². The maximum absolute atomic E-state index is 12.2. The van der Waals surface area contributed by atoms with Gasteiger partial charge in [-0.15, -0.1) is 0 Å². The topological polar surface area (TPSA) is 89.3 Å². The van der Waals surface area contributed by atoms with Crippen molar-refractivity contribution in [2.45, 2.75) is 31.3 Å². The number of fused-ring (bicyclic) bond motifs is 2. The van der Waals surface area contributed by atoms with Gasteiger partial charge in [0.2, 0.25) is 5.91 Å². The average Bonchev–Trinajstić information content (AvgIpc) is 2.93. The van der Waals surface area contributed by atoms with Crippen molar-refractivity contribution in [1.82, 2.24) is 5.32 Å². The Labute approximate surface area is 107 Å². The van der Waals surface area contributed by atoms with Crippen molar-refractivity contribution >= 4 is 15.7 Å². The second kappa shape index (κ2) is 4.06. The van der Waals surface area contributed by atoms with Crippen LogP contribution < -0.4 is 11.1 Å². The van der Waals surface area contributed by atoms with Crippen LogP contribution in [0.5, 0.6) is 0 Å². The maximum Gasteiger partial charge on any atom is 0.225 e.